The fourth-order valence-electron chi connectivity index (χ4n) is 2.82. The maximum atomic E-state index is 12.9. The molecule has 1 saturated heterocycles. The Hall–Kier alpha value is -0.540. The highest BCUT2D eigenvalue weighted by atomic mass is 35.5. The summed E-state index contributed by atoms with van der Waals surface area (Å²) in [5, 5.41) is 2.55. The minimum Gasteiger partial charge on any atom is -0.320 e. The van der Waals surface area contributed by atoms with Crippen LogP contribution >= 0.6 is 24.0 Å². The molecule has 0 atom stereocenters. The highest BCUT2D eigenvalue weighted by Gasteiger charge is 2.36. The summed E-state index contributed by atoms with van der Waals surface area (Å²) in [5.74, 6) is 0.430. The molecule has 0 aromatic heterocycles. The van der Waals surface area contributed by atoms with Crippen LogP contribution in [-0.4, -0.2) is 39.4 Å². The van der Waals surface area contributed by atoms with Crippen LogP contribution in [0.15, 0.2) is 23.1 Å². The van der Waals surface area contributed by atoms with Gasteiger partial charge in [-0.15, -0.1) is 12.4 Å². The number of alkyl halides is 3. The van der Waals surface area contributed by atoms with E-state index in [2.05, 4.69) is 5.32 Å². The molecule has 1 heterocycles. The lowest BCUT2D eigenvalue weighted by Gasteiger charge is -2.31. The van der Waals surface area contributed by atoms with Crippen LogP contribution < -0.4 is 5.32 Å². The lowest BCUT2D eigenvalue weighted by atomic mass is 9.95. The number of nitrogens with one attached hydrogen (secondary N) is 1. The van der Waals surface area contributed by atoms with Crippen molar-refractivity contribution in [3.05, 3.63) is 28.8 Å². The van der Waals surface area contributed by atoms with Crippen LogP contribution in [0.5, 0.6) is 0 Å². The van der Waals surface area contributed by atoms with Crippen molar-refractivity contribution in [3.63, 3.8) is 0 Å². The Morgan fingerprint density at radius 3 is 2.40 bits per heavy atom. The number of rotatable bonds is 5. The molecular formula is C15H21Cl2F3N2O2S. The molecule has 0 aliphatic carbocycles. The Kier molecular flexibility index (Phi) is 8.01. The fraction of sp³-hybridized carbons (Fsp3) is 0.600. The van der Waals surface area contributed by atoms with Gasteiger partial charge in [-0.2, -0.15) is 17.5 Å². The first-order valence-electron chi connectivity index (χ1n) is 7.67. The van der Waals surface area contributed by atoms with Crippen LogP contribution in [0.2, 0.25) is 5.02 Å². The maximum Gasteiger partial charge on any atom is 0.417 e. The van der Waals surface area contributed by atoms with Gasteiger partial charge in [0.1, 0.15) is 0 Å². The van der Waals surface area contributed by atoms with Crippen LogP contribution in [0.3, 0.4) is 0 Å². The molecule has 0 unspecified atom stereocenters. The Labute approximate surface area is 157 Å². The van der Waals surface area contributed by atoms with E-state index in [4.69, 9.17) is 11.6 Å². The van der Waals surface area contributed by atoms with Crippen LogP contribution in [-0.2, 0) is 16.2 Å². The van der Waals surface area contributed by atoms with E-state index in [1.807, 2.05) is 7.05 Å². The Morgan fingerprint density at radius 2 is 1.88 bits per heavy atom. The van der Waals surface area contributed by atoms with E-state index >= 15 is 0 Å². The van der Waals surface area contributed by atoms with E-state index < -0.39 is 26.8 Å². The zero-order chi connectivity index (χ0) is 18.0. The molecule has 0 saturated carbocycles. The highest BCUT2D eigenvalue weighted by molar-refractivity contribution is 7.89. The van der Waals surface area contributed by atoms with E-state index in [1.165, 1.54) is 4.31 Å². The largest absolute Gasteiger partial charge is 0.417 e. The molecule has 1 aliphatic rings. The first-order valence-corrected chi connectivity index (χ1v) is 9.49. The van der Waals surface area contributed by atoms with E-state index in [0.29, 0.717) is 37.9 Å². The molecule has 144 valence electrons. The molecule has 0 spiro atoms. The van der Waals surface area contributed by atoms with Gasteiger partial charge in [-0.1, -0.05) is 11.6 Å². The second-order valence-corrected chi connectivity index (χ2v) is 8.22. The first-order chi connectivity index (χ1) is 11.2. The number of nitrogens with zero attached hydrogens (tertiary/aromatic N) is 1. The summed E-state index contributed by atoms with van der Waals surface area (Å²) in [7, 11) is -2.09. The number of halogens is 5. The third-order valence-corrected chi connectivity index (χ3v) is 6.48. The number of piperidine rings is 1. The molecular weight excluding hydrogens is 400 g/mol. The van der Waals surface area contributed by atoms with Gasteiger partial charge in [-0.3, -0.25) is 0 Å². The summed E-state index contributed by atoms with van der Waals surface area (Å²) in [5.41, 5.74) is -1.13. The van der Waals surface area contributed by atoms with Crippen LogP contribution in [0.1, 0.15) is 24.8 Å². The first kappa shape index (κ1) is 22.5. The molecule has 0 radical (unpaired) electrons. The average molecular weight is 421 g/mol. The molecule has 4 nitrogen and oxygen atoms in total. The van der Waals surface area contributed by atoms with Crippen LogP contribution in [0.25, 0.3) is 0 Å². The van der Waals surface area contributed by atoms with Gasteiger partial charge >= 0.3 is 6.18 Å². The lowest BCUT2D eigenvalue weighted by molar-refractivity contribution is -0.137. The summed E-state index contributed by atoms with van der Waals surface area (Å²) in [4.78, 5) is -0.368. The van der Waals surface area contributed by atoms with Gasteiger partial charge in [0, 0.05) is 13.1 Å². The zero-order valence-electron chi connectivity index (χ0n) is 13.6. The minimum absolute atomic E-state index is 0. The Morgan fingerprint density at radius 1 is 1.28 bits per heavy atom. The summed E-state index contributed by atoms with van der Waals surface area (Å²) in [6.07, 6.45) is -2.31. The number of benzene rings is 1. The van der Waals surface area contributed by atoms with Crippen molar-refractivity contribution in [2.45, 2.75) is 30.3 Å². The Balaban J connectivity index is 0.00000312. The molecule has 1 aromatic carbocycles. The average Bonchev–Trinajstić information content (AvgIpc) is 2.52. The van der Waals surface area contributed by atoms with Crippen molar-refractivity contribution in [3.8, 4) is 0 Å². The summed E-state index contributed by atoms with van der Waals surface area (Å²) < 4.78 is 65.2. The summed E-state index contributed by atoms with van der Waals surface area (Å²) in [6.45, 7) is 1.50. The Bertz CT molecular complexity index is 676. The third kappa shape index (κ3) is 5.47. The second kappa shape index (κ2) is 8.90. The molecule has 2 rings (SSSR count). The van der Waals surface area contributed by atoms with E-state index in [1.54, 1.807) is 0 Å². The lowest BCUT2D eigenvalue weighted by Crippen LogP contribution is -2.39. The molecule has 0 amide bonds. The zero-order valence-corrected chi connectivity index (χ0v) is 16.0. The normalized spacial score (nSPS) is 17.3. The summed E-state index contributed by atoms with van der Waals surface area (Å²) >= 11 is 5.55. The van der Waals surface area contributed by atoms with E-state index in [-0.39, 0.29) is 17.3 Å². The highest BCUT2D eigenvalue weighted by Crippen LogP contribution is 2.36. The second-order valence-electron chi connectivity index (χ2n) is 5.88. The molecule has 25 heavy (non-hydrogen) atoms. The van der Waals surface area contributed by atoms with Crippen molar-refractivity contribution in [1.29, 1.82) is 0 Å². The van der Waals surface area contributed by atoms with Crippen molar-refractivity contribution in [1.82, 2.24) is 9.62 Å². The third-order valence-electron chi connectivity index (χ3n) is 4.26. The van der Waals surface area contributed by atoms with E-state index in [0.717, 1.165) is 25.1 Å². The smallest absolute Gasteiger partial charge is 0.320 e. The predicted molar refractivity (Wildman–Crippen MR) is 93.7 cm³/mol. The number of sulfonamides is 1. The van der Waals surface area contributed by atoms with E-state index in [9.17, 15) is 21.6 Å². The van der Waals surface area contributed by atoms with Crippen LogP contribution in [0.4, 0.5) is 13.2 Å². The summed E-state index contributed by atoms with van der Waals surface area (Å²) in [6, 6.07) is 2.72. The van der Waals surface area contributed by atoms with Gasteiger partial charge in [0.25, 0.3) is 0 Å². The van der Waals surface area contributed by atoms with Gasteiger partial charge in [-0.05, 0) is 57.0 Å². The van der Waals surface area contributed by atoms with Crippen molar-refractivity contribution in [2.24, 2.45) is 5.92 Å². The molecule has 0 bridgehead atoms. The maximum absolute atomic E-state index is 12.9. The van der Waals surface area contributed by atoms with Crippen LogP contribution in [0, 0.1) is 5.92 Å². The fourth-order valence-corrected chi connectivity index (χ4v) is 4.54. The molecule has 1 fully saturated rings. The van der Waals surface area contributed by atoms with Crippen molar-refractivity contribution in [2.75, 3.05) is 26.7 Å². The molecule has 1 aliphatic heterocycles. The standard InChI is InChI=1S/C15H20ClF3N2O2S.ClH/c1-20-7-4-11-5-8-21(9-6-11)24(22,23)12-2-3-14(16)13(10-12)15(17,18)19;/h2-3,10-11,20H,4-9H2,1H3;1H. The quantitative estimate of drug-likeness (QED) is 0.787. The van der Waals surface area contributed by atoms with Crippen molar-refractivity contribution < 1.29 is 21.6 Å². The van der Waals surface area contributed by atoms with Gasteiger partial charge in [0.2, 0.25) is 10.0 Å². The minimum atomic E-state index is -4.69. The topological polar surface area (TPSA) is 49.4 Å². The number of hydrogen-bond donors (Lipinski definition) is 1. The van der Waals surface area contributed by atoms with Crippen molar-refractivity contribution >= 4 is 34.0 Å². The molecule has 10 heteroatoms. The van der Waals surface area contributed by atoms with Gasteiger partial charge in [0.05, 0.1) is 15.5 Å². The predicted octanol–water partition coefficient (Wildman–Crippen LogP) is 3.79. The number of hydrogen-bond acceptors (Lipinski definition) is 3. The molecule has 1 N–H and O–H groups in total. The van der Waals surface area contributed by atoms with Gasteiger partial charge in [0.15, 0.2) is 0 Å². The van der Waals surface area contributed by atoms with Gasteiger partial charge < -0.3 is 5.32 Å². The monoisotopic (exact) mass is 420 g/mol. The van der Waals surface area contributed by atoms with Gasteiger partial charge in [-0.25, -0.2) is 8.42 Å². The molecule has 1 aromatic rings. The SMILES string of the molecule is CNCCC1CCN(S(=O)(=O)c2ccc(Cl)c(C(F)(F)F)c2)CC1.Cl.